The van der Waals surface area contributed by atoms with Crippen LogP contribution in [0.25, 0.3) is 5.52 Å². The summed E-state index contributed by atoms with van der Waals surface area (Å²) < 4.78 is 1.76. The lowest BCUT2D eigenvalue weighted by Gasteiger charge is -2.26. The van der Waals surface area contributed by atoms with E-state index in [0.29, 0.717) is 19.5 Å². The van der Waals surface area contributed by atoms with Crippen LogP contribution in [0.5, 0.6) is 0 Å². The van der Waals surface area contributed by atoms with Crippen molar-refractivity contribution in [3.8, 4) is 0 Å². The highest BCUT2D eigenvalue weighted by Crippen LogP contribution is 2.25. The molecule has 0 unspecified atom stereocenters. The Morgan fingerprint density at radius 2 is 2.21 bits per heavy atom. The van der Waals surface area contributed by atoms with Gasteiger partial charge in [0.2, 0.25) is 5.91 Å². The summed E-state index contributed by atoms with van der Waals surface area (Å²) in [5.41, 5.74) is 1.82. The Balaban J connectivity index is 1.41. The number of fused-ring (bicyclic) bond motifs is 1. The van der Waals surface area contributed by atoms with Gasteiger partial charge in [-0.15, -0.1) is 0 Å². The minimum atomic E-state index is -0.450. The lowest BCUT2D eigenvalue weighted by Crippen LogP contribution is -2.41. The number of carbonyl (C=O) groups is 1. The van der Waals surface area contributed by atoms with E-state index in [-0.39, 0.29) is 18.4 Å². The number of anilines is 2. The number of nitrogens with one attached hydrogen (secondary N) is 1. The van der Waals surface area contributed by atoms with E-state index in [1.165, 1.54) is 6.33 Å². The quantitative estimate of drug-likeness (QED) is 0.627. The van der Waals surface area contributed by atoms with Gasteiger partial charge < -0.3 is 20.2 Å². The summed E-state index contributed by atoms with van der Waals surface area (Å²) in [6, 6.07) is 7.65. The molecule has 1 amide bonds. The van der Waals surface area contributed by atoms with Crippen LogP contribution in [-0.4, -0.2) is 69.9 Å². The molecule has 0 spiro atoms. The van der Waals surface area contributed by atoms with Gasteiger partial charge in [-0.3, -0.25) is 4.79 Å². The Morgan fingerprint density at radius 1 is 1.34 bits per heavy atom. The normalized spacial score (nSPS) is 18.9. The molecule has 1 fully saturated rings. The molecule has 0 bridgehead atoms. The second-order valence-corrected chi connectivity index (χ2v) is 7.51. The van der Waals surface area contributed by atoms with Crippen molar-refractivity contribution in [2.24, 2.45) is 0 Å². The van der Waals surface area contributed by atoms with Crippen LogP contribution in [0.4, 0.5) is 11.6 Å². The predicted molar refractivity (Wildman–Crippen MR) is 110 cm³/mol. The van der Waals surface area contributed by atoms with Crippen molar-refractivity contribution in [3.63, 3.8) is 0 Å². The van der Waals surface area contributed by atoms with E-state index in [9.17, 15) is 9.90 Å². The van der Waals surface area contributed by atoms with E-state index in [1.54, 1.807) is 10.7 Å². The minimum absolute atomic E-state index is 0.0252. The molecule has 2 N–H and O–H groups in total. The molecule has 0 radical (unpaired) electrons. The summed E-state index contributed by atoms with van der Waals surface area (Å²) in [7, 11) is 3.84. The molecule has 4 heterocycles. The minimum Gasteiger partial charge on any atom is -0.391 e. The van der Waals surface area contributed by atoms with Gasteiger partial charge in [0.15, 0.2) is 0 Å². The highest BCUT2D eigenvalue weighted by atomic mass is 16.3. The maximum Gasteiger partial charge on any atom is 0.224 e. The second-order valence-electron chi connectivity index (χ2n) is 7.51. The number of hydrogen-bond donors (Lipinski definition) is 2. The molecule has 29 heavy (non-hydrogen) atoms. The first-order valence-electron chi connectivity index (χ1n) is 9.63. The third kappa shape index (κ3) is 4.14. The Labute approximate surface area is 169 Å². The van der Waals surface area contributed by atoms with Crippen LogP contribution in [0.2, 0.25) is 0 Å². The average molecular weight is 395 g/mol. The largest absolute Gasteiger partial charge is 0.391 e. The Bertz CT molecular complexity index is 1000. The van der Waals surface area contributed by atoms with Crippen LogP contribution in [0.1, 0.15) is 12.0 Å². The molecule has 4 rings (SSSR count). The van der Waals surface area contributed by atoms with Gasteiger partial charge in [-0.25, -0.2) is 14.5 Å². The molecule has 2 atom stereocenters. The zero-order chi connectivity index (χ0) is 20.4. The Hall–Kier alpha value is -3.20. The van der Waals surface area contributed by atoms with Gasteiger partial charge in [0.05, 0.1) is 30.3 Å². The fourth-order valence-corrected chi connectivity index (χ4v) is 3.70. The van der Waals surface area contributed by atoms with Crippen molar-refractivity contribution in [2.75, 3.05) is 37.0 Å². The Morgan fingerprint density at radius 3 is 3.03 bits per heavy atom. The molecule has 1 aliphatic heterocycles. The number of rotatable bonds is 6. The third-order valence-electron chi connectivity index (χ3n) is 5.18. The van der Waals surface area contributed by atoms with Gasteiger partial charge in [-0.05, 0) is 18.6 Å². The van der Waals surface area contributed by atoms with Gasteiger partial charge >= 0.3 is 0 Å². The van der Waals surface area contributed by atoms with Crippen molar-refractivity contribution < 1.29 is 9.90 Å². The van der Waals surface area contributed by atoms with Crippen molar-refractivity contribution in [1.82, 2.24) is 24.9 Å². The molecular weight excluding hydrogens is 370 g/mol. The van der Waals surface area contributed by atoms with Crippen LogP contribution in [0, 0.1) is 0 Å². The second kappa shape index (κ2) is 8.04. The maximum absolute atomic E-state index is 12.5. The Kier molecular flexibility index (Phi) is 5.30. The SMILES string of the molecule is CN(C)c1cc(N2C[C@H](O)C[C@@H]2CNC(=O)Cc2cnn3ccccc23)ncn1. The van der Waals surface area contributed by atoms with Gasteiger partial charge in [-0.1, -0.05) is 6.07 Å². The number of aromatic nitrogens is 4. The third-order valence-corrected chi connectivity index (χ3v) is 5.18. The average Bonchev–Trinajstić information content (AvgIpc) is 3.30. The number of β-amino-alcohol motifs (C(OH)–C–C–N with tert-alkyl or cyclic N) is 1. The molecule has 9 heteroatoms. The summed E-state index contributed by atoms with van der Waals surface area (Å²) in [6.45, 7) is 0.925. The van der Waals surface area contributed by atoms with Gasteiger partial charge in [0.25, 0.3) is 0 Å². The molecule has 0 aliphatic carbocycles. The molecule has 0 saturated carbocycles. The monoisotopic (exact) mass is 395 g/mol. The molecule has 1 aliphatic rings. The number of aliphatic hydroxyl groups excluding tert-OH is 1. The van der Waals surface area contributed by atoms with Crippen LogP contribution in [0.3, 0.4) is 0 Å². The van der Waals surface area contributed by atoms with Crippen molar-refractivity contribution in [1.29, 1.82) is 0 Å². The van der Waals surface area contributed by atoms with E-state index in [0.717, 1.165) is 22.7 Å². The number of hydrogen-bond acceptors (Lipinski definition) is 7. The number of pyridine rings is 1. The zero-order valence-electron chi connectivity index (χ0n) is 16.6. The number of carbonyl (C=O) groups excluding carboxylic acids is 1. The summed E-state index contributed by atoms with van der Waals surface area (Å²) in [5.74, 6) is 1.48. The predicted octanol–water partition coefficient (Wildman–Crippen LogP) is 0.489. The van der Waals surface area contributed by atoms with Crippen molar-refractivity contribution >= 4 is 23.1 Å². The summed E-state index contributed by atoms with van der Waals surface area (Å²) >= 11 is 0. The molecule has 1 saturated heterocycles. The van der Waals surface area contributed by atoms with Gasteiger partial charge in [0, 0.05) is 45.0 Å². The van der Waals surface area contributed by atoms with E-state index in [2.05, 4.69) is 20.4 Å². The van der Waals surface area contributed by atoms with E-state index < -0.39 is 6.10 Å². The van der Waals surface area contributed by atoms with Crippen LogP contribution in [-0.2, 0) is 11.2 Å². The summed E-state index contributed by atoms with van der Waals surface area (Å²) in [4.78, 5) is 25.1. The van der Waals surface area contributed by atoms with Crippen molar-refractivity contribution in [2.45, 2.75) is 25.0 Å². The molecular formula is C20H25N7O2. The lowest BCUT2D eigenvalue weighted by molar-refractivity contribution is -0.120. The lowest BCUT2D eigenvalue weighted by atomic mass is 10.1. The van der Waals surface area contributed by atoms with Crippen molar-refractivity contribution in [3.05, 3.63) is 48.5 Å². The van der Waals surface area contributed by atoms with Crippen LogP contribution in [0.15, 0.2) is 43.0 Å². The standard InChI is InChI=1S/C20H25N7O2/c1-25(2)18-9-19(23-13-22-18)26-12-16(28)8-15(26)11-21-20(29)7-14-10-24-27-6-4-3-5-17(14)27/h3-6,9-10,13,15-16,28H,7-8,11-12H2,1-2H3,(H,21,29)/t15-,16-/m1/s1. The molecule has 152 valence electrons. The van der Waals surface area contributed by atoms with E-state index in [1.807, 2.05) is 54.4 Å². The summed E-state index contributed by atoms with van der Waals surface area (Å²) in [6.07, 6.45) is 5.51. The van der Waals surface area contributed by atoms with Gasteiger partial charge in [0.1, 0.15) is 18.0 Å². The highest BCUT2D eigenvalue weighted by Gasteiger charge is 2.32. The first kappa shape index (κ1) is 19.1. The maximum atomic E-state index is 12.5. The summed E-state index contributed by atoms with van der Waals surface area (Å²) in [5, 5.41) is 17.5. The number of nitrogens with zero attached hydrogens (tertiary/aromatic N) is 6. The van der Waals surface area contributed by atoms with Crippen LogP contribution >= 0.6 is 0 Å². The van der Waals surface area contributed by atoms with E-state index >= 15 is 0 Å². The molecule has 3 aromatic rings. The molecule has 9 nitrogen and oxygen atoms in total. The zero-order valence-corrected chi connectivity index (χ0v) is 16.6. The van der Waals surface area contributed by atoms with Crippen LogP contribution < -0.4 is 15.1 Å². The number of aliphatic hydroxyl groups is 1. The molecule has 0 aromatic carbocycles. The molecule has 3 aromatic heterocycles. The van der Waals surface area contributed by atoms with E-state index in [4.69, 9.17) is 0 Å². The topological polar surface area (TPSA) is 98.9 Å². The van der Waals surface area contributed by atoms with Gasteiger partial charge in [-0.2, -0.15) is 5.10 Å². The number of amides is 1. The fourth-order valence-electron chi connectivity index (χ4n) is 3.70. The fraction of sp³-hybridized carbons (Fsp3) is 0.400. The first-order valence-corrected chi connectivity index (χ1v) is 9.63. The highest BCUT2D eigenvalue weighted by molar-refractivity contribution is 5.81. The first-order chi connectivity index (χ1) is 14.0. The smallest absolute Gasteiger partial charge is 0.224 e.